The van der Waals surface area contributed by atoms with E-state index in [2.05, 4.69) is 31.6 Å². The van der Waals surface area contributed by atoms with E-state index in [1.165, 1.54) is 12.1 Å². The van der Waals surface area contributed by atoms with Crippen molar-refractivity contribution >= 4 is 5.91 Å². The van der Waals surface area contributed by atoms with E-state index >= 15 is 0 Å². The molecule has 152 valence electrons. The van der Waals surface area contributed by atoms with Crippen molar-refractivity contribution in [1.82, 2.24) is 29.5 Å². The topological polar surface area (TPSA) is 70.1 Å². The van der Waals surface area contributed by atoms with Gasteiger partial charge in [0.15, 0.2) is 0 Å². The summed E-state index contributed by atoms with van der Waals surface area (Å²) in [5.41, 5.74) is 1.88. The van der Waals surface area contributed by atoms with Gasteiger partial charge in [-0.2, -0.15) is 5.10 Å². The van der Waals surface area contributed by atoms with Crippen molar-refractivity contribution in [1.29, 1.82) is 0 Å². The molecule has 1 aromatic carbocycles. The van der Waals surface area contributed by atoms with Gasteiger partial charge in [-0.15, -0.1) is 0 Å². The molecule has 2 aromatic heterocycles. The van der Waals surface area contributed by atoms with Gasteiger partial charge in [-0.25, -0.2) is 9.37 Å². The number of rotatable bonds is 6. The summed E-state index contributed by atoms with van der Waals surface area (Å²) >= 11 is 0. The molecule has 1 saturated heterocycles. The predicted octanol–water partition coefficient (Wildman–Crippen LogP) is 2.43. The SMILES string of the molecule is CCc1nccn1CCN1CCN(C(=O)c2cc(-c3ccc(F)cc3)n[nH]2)CC1. The Morgan fingerprint density at radius 1 is 1.14 bits per heavy atom. The molecule has 0 atom stereocenters. The smallest absolute Gasteiger partial charge is 0.271 e. The third-order valence-electron chi connectivity index (χ3n) is 5.38. The van der Waals surface area contributed by atoms with Crippen LogP contribution in [0.15, 0.2) is 42.7 Å². The van der Waals surface area contributed by atoms with Crippen LogP contribution in [0.4, 0.5) is 4.39 Å². The maximum Gasteiger partial charge on any atom is 0.271 e. The molecule has 1 fully saturated rings. The molecule has 4 rings (SSSR count). The predicted molar refractivity (Wildman–Crippen MR) is 108 cm³/mol. The fourth-order valence-corrected chi connectivity index (χ4v) is 3.65. The number of carbonyl (C=O) groups excluding carboxylic acids is 1. The first-order chi connectivity index (χ1) is 14.1. The van der Waals surface area contributed by atoms with Crippen molar-refractivity contribution in [3.8, 4) is 11.3 Å². The van der Waals surface area contributed by atoms with Gasteiger partial charge in [0.05, 0.1) is 5.69 Å². The number of piperazine rings is 1. The van der Waals surface area contributed by atoms with Gasteiger partial charge in [0.2, 0.25) is 0 Å². The summed E-state index contributed by atoms with van der Waals surface area (Å²) in [6.07, 6.45) is 4.80. The Bertz CT molecular complexity index is 956. The molecule has 1 amide bonds. The van der Waals surface area contributed by atoms with Crippen LogP contribution >= 0.6 is 0 Å². The number of carbonyl (C=O) groups is 1. The zero-order valence-corrected chi connectivity index (χ0v) is 16.5. The van der Waals surface area contributed by atoms with Gasteiger partial charge in [-0.05, 0) is 30.3 Å². The fourth-order valence-electron chi connectivity index (χ4n) is 3.65. The Morgan fingerprint density at radius 2 is 1.90 bits per heavy atom. The first kappa shape index (κ1) is 19.3. The normalized spacial score (nSPS) is 15.0. The number of imidazole rings is 1. The minimum Gasteiger partial charge on any atom is -0.335 e. The molecule has 1 N–H and O–H groups in total. The van der Waals surface area contributed by atoms with Crippen LogP contribution < -0.4 is 0 Å². The number of hydrogen-bond donors (Lipinski definition) is 1. The van der Waals surface area contributed by atoms with E-state index in [9.17, 15) is 9.18 Å². The Morgan fingerprint density at radius 3 is 2.62 bits per heavy atom. The number of aromatic nitrogens is 4. The molecular weight excluding hydrogens is 371 g/mol. The van der Waals surface area contributed by atoms with Gasteiger partial charge in [0.1, 0.15) is 17.3 Å². The summed E-state index contributed by atoms with van der Waals surface area (Å²) in [6, 6.07) is 7.81. The van der Waals surface area contributed by atoms with Crippen molar-refractivity contribution in [3.05, 3.63) is 60.1 Å². The number of nitrogens with zero attached hydrogens (tertiary/aromatic N) is 5. The van der Waals surface area contributed by atoms with Gasteiger partial charge < -0.3 is 9.47 Å². The van der Waals surface area contributed by atoms with Crippen LogP contribution in [-0.4, -0.2) is 68.2 Å². The van der Waals surface area contributed by atoms with Crippen molar-refractivity contribution < 1.29 is 9.18 Å². The Hall–Kier alpha value is -3.00. The second-order valence-corrected chi connectivity index (χ2v) is 7.20. The molecule has 0 radical (unpaired) electrons. The zero-order valence-electron chi connectivity index (χ0n) is 16.5. The van der Waals surface area contributed by atoms with Crippen LogP contribution in [0, 0.1) is 5.82 Å². The standard InChI is InChI=1S/C21H25FN6O/c1-2-20-23-7-8-27(20)12-9-26-10-13-28(14-11-26)21(29)19-15-18(24-25-19)16-3-5-17(22)6-4-16/h3-8,15H,2,9-14H2,1H3,(H,24,25). The van der Waals surface area contributed by atoms with Crippen LogP contribution in [0.5, 0.6) is 0 Å². The Labute approximate surface area is 169 Å². The molecule has 29 heavy (non-hydrogen) atoms. The second-order valence-electron chi connectivity index (χ2n) is 7.20. The lowest BCUT2D eigenvalue weighted by Crippen LogP contribution is -2.49. The number of H-pyrrole nitrogens is 1. The van der Waals surface area contributed by atoms with Gasteiger partial charge in [0, 0.05) is 63.6 Å². The molecule has 3 aromatic rings. The highest BCUT2D eigenvalue weighted by molar-refractivity contribution is 5.93. The van der Waals surface area contributed by atoms with Crippen LogP contribution in [-0.2, 0) is 13.0 Å². The summed E-state index contributed by atoms with van der Waals surface area (Å²) < 4.78 is 15.3. The molecule has 0 bridgehead atoms. The average molecular weight is 396 g/mol. The maximum absolute atomic E-state index is 13.1. The average Bonchev–Trinajstić information content (AvgIpc) is 3.42. The van der Waals surface area contributed by atoms with E-state index in [0.29, 0.717) is 24.5 Å². The van der Waals surface area contributed by atoms with E-state index in [0.717, 1.165) is 44.0 Å². The van der Waals surface area contributed by atoms with Crippen molar-refractivity contribution in [2.24, 2.45) is 0 Å². The van der Waals surface area contributed by atoms with Crippen LogP contribution in [0.25, 0.3) is 11.3 Å². The number of hydrogen-bond acceptors (Lipinski definition) is 4. The molecule has 0 aliphatic carbocycles. The summed E-state index contributed by atoms with van der Waals surface area (Å²) in [5.74, 6) is 0.765. The number of aromatic amines is 1. The van der Waals surface area contributed by atoms with E-state index < -0.39 is 0 Å². The second kappa shape index (κ2) is 8.57. The Balaban J connectivity index is 1.30. The maximum atomic E-state index is 13.1. The number of amides is 1. The number of halogens is 1. The lowest BCUT2D eigenvalue weighted by atomic mass is 10.1. The molecule has 7 nitrogen and oxygen atoms in total. The van der Waals surface area contributed by atoms with E-state index in [1.54, 1.807) is 18.2 Å². The number of benzene rings is 1. The highest BCUT2D eigenvalue weighted by Crippen LogP contribution is 2.19. The minimum atomic E-state index is -0.294. The molecule has 0 spiro atoms. The lowest BCUT2D eigenvalue weighted by molar-refractivity contribution is 0.0627. The Kier molecular flexibility index (Phi) is 5.71. The van der Waals surface area contributed by atoms with E-state index in [1.807, 2.05) is 17.3 Å². The van der Waals surface area contributed by atoms with Crippen LogP contribution in [0.1, 0.15) is 23.2 Å². The zero-order chi connectivity index (χ0) is 20.2. The quantitative estimate of drug-likeness (QED) is 0.695. The highest BCUT2D eigenvalue weighted by Gasteiger charge is 2.23. The lowest BCUT2D eigenvalue weighted by Gasteiger charge is -2.34. The molecule has 8 heteroatoms. The van der Waals surface area contributed by atoms with E-state index in [-0.39, 0.29) is 11.7 Å². The summed E-state index contributed by atoms with van der Waals surface area (Å²) in [7, 11) is 0. The van der Waals surface area contributed by atoms with E-state index in [4.69, 9.17) is 0 Å². The molecule has 0 saturated carbocycles. The minimum absolute atomic E-state index is 0.0478. The number of nitrogens with one attached hydrogen (secondary N) is 1. The molecule has 1 aliphatic rings. The largest absolute Gasteiger partial charge is 0.335 e. The van der Waals surface area contributed by atoms with Gasteiger partial charge in [-0.1, -0.05) is 6.92 Å². The first-order valence-corrected chi connectivity index (χ1v) is 9.97. The summed E-state index contributed by atoms with van der Waals surface area (Å²) in [6.45, 7) is 7.05. The van der Waals surface area contributed by atoms with Gasteiger partial charge >= 0.3 is 0 Å². The summed E-state index contributed by atoms with van der Waals surface area (Å²) in [4.78, 5) is 21.4. The van der Waals surface area contributed by atoms with Gasteiger partial charge in [0.25, 0.3) is 5.91 Å². The van der Waals surface area contributed by atoms with Crippen LogP contribution in [0.2, 0.25) is 0 Å². The summed E-state index contributed by atoms with van der Waals surface area (Å²) in [5, 5.41) is 7.03. The van der Waals surface area contributed by atoms with Crippen LogP contribution in [0.3, 0.4) is 0 Å². The van der Waals surface area contributed by atoms with Crippen molar-refractivity contribution in [2.45, 2.75) is 19.9 Å². The molecule has 1 aliphatic heterocycles. The number of aryl methyl sites for hydroxylation is 1. The first-order valence-electron chi connectivity index (χ1n) is 9.97. The fraction of sp³-hybridized carbons (Fsp3) is 0.381. The third-order valence-corrected chi connectivity index (χ3v) is 5.38. The molecular formula is C21H25FN6O. The van der Waals surface area contributed by atoms with Gasteiger partial charge in [-0.3, -0.25) is 14.8 Å². The monoisotopic (exact) mass is 396 g/mol. The third kappa shape index (κ3) is 4.37. The molecule has 3 heterocycles. The van der Waals surface area contributed by atoms with Crippen molar-refractivity contribution in [3.63, 3.8) is 0 Å². The molecule has 0 unspecified atom stereocenters. The highest BCUT2D eigenvalue weighted by atomic mass is 19.1. The van der Waals surface area contributed by atoms with Crippen molar-refractivity contribution in [2.75, 3.05) is 32.7 Å².